The van der Waals surface area contributed by atoms with E-state index in [1.807, 2.05) is 59.4 Å². The van der Waals surface area contributed by atoms with Gasteiger partial charge in [0.1, 0.15) is 12.4 Å². The number of amides is 2. The molecule has 1 aliphatic rings. The van der Waals surface area contributed by atoms with Crippen molar-refractivity contribution in [3.8, 4) is 0 Å². The van der Waals surface area contributed by atoms with Crippen molar-refractivity contribution in [2.75, 3.05) is 17.3 Å². The Hall–Kier alpha value is -3.58. The lowest BCUT2D eigenvalue weighted by Crippen LogP contribution is -2.32. The Morgan fingerprint density at radius 3 is 2.61 bits per heavy atom. The zero-order chi connectivity index (χ0) is 24.9. The molecule has 1 atom stereocenters. The minimum atomic E-state index is -0.328. The second-order valence-corrected chi connectivity index (χ2v) is 10.1. The van der Waals surface area contributed by atoms with Gasteiger partial charge in [0.25, 0.3) is 5.91 Å². The van der Waals surface area contributed by atoms with Gasteiger partial charge in [-0.3, -0.25) is 9.59 Å². The molecule has 0 unspecified atom stereocenters. The molecule has 0 fully saturated rings. The second kappa shape index (κ2) is 11.0. The van der Waals surface area contributed by atoms with Crippen molar-refractivity contribution in [3.63, 3.8) is 0 Å². The lowest BCUT2D eigenvalue weighted by Gasteiger charge is -2.20. The molecule has 0 spiro atoms. The molecular formula is C29H30N4O2S. The van der Waals surface area contributed by atoms with E-state index in [-0.39, 0.29) is 24.4 Å². The third kappa shape index (κ3) is 5.31. The van der Waals surface area contributed by atoms with Crippen LogP contribution in [0.1, 0.15) is 46.2 Å². The lowest BCUT2D eigenvalue weighted by atomic mass is 10.1. The molecule has 36 heavy (non-hydrogen) atoms. The van der Waals surface area contributed by atoms with Gasteiger partial charge in [0.05, 0.1) is 17.1 Å². The van der Waals surface area contributed by atoms with E-state index in [4.69, 9.17) is 4.98 Å². The highest BCUT2D eigenvalue weighted by atomic mass is 32.2. The minimum Gasteiger partial charge on any atom is -0.342 e. The molecule has 2 N–H and O–H groups in total. The average Bonchev–Trinajstić information content (AvgIpc) is 3.51. The van der Waals surface area contributed by atoms with Crippen LogP contribution >= 0.6 is 11.8 Å². The van der Waals surface area contributed by atoms with Crippen LogP contribution in [0.5, 0.6) is 0 Å². The highest BCUT2D eigenvalue weighted by Crippen LogP contribution is 2.27. The van der Waals surface area contributed by atoms with Crippen molar-refractivity contribution in [1.82, 2.24) is 14.9 Å². The molecule has 4 aromatic rings. The molecule has 184 valence electrons. The van der Waals surface area contributed by atoms with Crippen LogP contribution in [0.25, 0.3) is 11.0 Å². The standard InChI is InChI=1S/C29H30N4O2S/c1-36-17-16-25(32-29(35)21-8-3-2-4-9-21)28-31-24-12-5-6-13-26(24)33(28)19-27(34)30-23-15-14-20-10-7-11-22(20)18-23/h2-6,8-9,12-15,18,25H,7,10-11,16-17,19H2,1H3,(H,30,34)(H,32,35)/t25-/m0/s1. The molecule has 0 bridgehead atoms. The van der Waals surface area contributed by atoms with E-state index in [9.17, 15) is 9.59 Å². The normalized spacial score (nSPS) is 13.4. The van der Waals surface area contributed by atoms with Gasteiger partial charge in [-0.2, -0.15) is 11.8 Å². The molecule has 3 aromatic carbocycles. The van der Waals surface area contributed by atoms with Crippen LogP contribution in [0.15, 0.2) is 72.8 Å². The first-order chi connectivity index (χ1) is 17.6. The number of hydrogen-bond donors (Lipinski definition) is 2. The third-order valence-electron chi connectivity index (χ3n) is 6.63. The number of hydrogen-bond acceptors (Lipinski definition) is 4. The molecule has 1 aliphatic carbocycles. The van der Waals surface area contributed by atoms with Gasteiger partial charge in [0.2, 0.25) is 5.91 Å². The zero-order valence-corrected chi connectivity index (χ0v) is 21.2. The Bertz CT molecular complexity index is 1380. The van der Waals surface area contributed by atoms with Gasteiger partial charge >= 0.3 is 0 Å². The summed E-state index contributed by atoms with van der Waals surface area (Å²) in [6.07, 6.45) is 6.09. The number of para-hydroxylation sites is 2. The molecule has 5 rings (SSSR count). The monoisotopic (exact) mass is 498 g/mol. The van der Waals surface area contributed by atoms with Gasteiger partial charge in [-0.25, -0.2) is 4.98 Å². The number of carbonyl (C=O) groups excluding carboxylic acids is 2. The lowest BCUT2D eigenvalue weighted by molar-refractivity contribution is -0.116. The molecule has 7 heteroatoms. The highest BCUT2D eigenvalue weighted by molar-refractivity contribution is 7.98. The summed E-state index contributed by atoms with van der Waals surface area (Å²) in [5, 5.41) is 6.24. The summed E-state index contributed by atoms with van der Waals surface area (Å²) in [6, 6.07) is 22.9. The minimum absolute atomic E-state index is 0.115. The number of aromatic nitrogens is 2. The first-order valence-corrected chi connectivity index (χ1v) is 13.7. The third-order valence-corrected chi connectivity index (χ3v) is 7.28. The number of nitrogens with one attached hydrogen (secondary N) is 2. The van der Waals surface area contributed by atoms with Gasteiger partial charge in [0, 0.05) is 11.3 Å². The topological polar surface area (TPSA) is 76.0 Å². The summed E-state index contributed by atoms with van der Waals surface area (Å²) in [6.45, 7) is 0.115. The summed E-state index contributed by atoms with van der Waals surface area (Å²) in [7, 11) is 0. The van der Waals surface area contributed by atoms with Crippen molar-refractivity contribution in [2.45, 2.75) is 38.3 Å². The molecule has 6 nitrogen and oxygen atoms in total. The fourth-order valence-corrected chi connectivity index (χ4v) is 5.32. The molecule has 1 aromatic heterocycles. The number of nitrogens with zero attached hydrogens (tertiary/aromatic N) is 2. The number of benzene rings is 3. The van der Waals surface area contributed by atoms with E-state index < -0.39 is 0 Å². The molecule has 2 amide bonds. The van der Waals surface area contributed by atoms with Crippen LogP contribution in [0, 0.1) is 0 Å². The van der Waals surface area contributed by atoms with Crippen LogP contribution in [-0.4, -0.2) is 33.4 Å². The maximum Gasteiger partial charge on any atom is 0.251 e. The van der Waals surface area contributed by atoms with E-state index in [1.54, 1.807) is 23.9 Å². The summed E-state index contributed by atoms with van der Waals surface area (Å²) in [4.78, 5) is 31.1. The zero-order valence-electron chi connectivity index (χ0n) is 20.4. The predicted molar refractivity (Wildman–Crippen MR) is 146 cm³/mol. The molecular weight excluding hydrogens is 468 g/mol. The quantitative estimate of drug-likeness (QED) is 0.325. The van der Waals surface area contributed by atoms with Gasteiger partial charge in [-0.05, 0) is 85.2 Å². The Kier molecular flexibility index (Phi) is 7.37. The number of aryl methyl sites for hydroxylation is 2. The first kappa shape index (κ1) is 24.1. The molecule has 0 saturated heterocycles. The van der Waals surface area contributed by atoms with Crippen LogP contribution in [-0.2, 0) is 24.2 Å². The maximum absolute atomic E-state index is 13.2. The largest absolute Gasteiger partial charge is 0.342 e. The smallest absolute Gasteiger partial charge is 0.251 e. The van der Waals surface area contributed by atoms with Gasteiger partial charge in [-0.15, -0.1) is 0 Å². The van der Waals surface area contributed by atoms with E-state index in [2.05, 4.69) is 22.8 Å². The molecule has 1 heterocycles. The van der Waals surface area contributed by atoms with Crippen molar-refractivity contribution < 1.29 is 9.59 Å². The molecule has 0 saturated carbocycles. The summed E-state index contributed by atoms with van der Waals surface area (Å²) < 4.78 is 1.94. The van der Waals surface area contributed by atoms with Gasteiger partial charge < -0.3 is 15.2 Å². The van der Waals surface area contributed by atoms with Gasteiger partial charge in [0.15, 0.2) is 0 Å². The molecule has 0 aliphatic heterocycles. The van der Waals surface area contributed by atoms with Crippen LogP contribution in [0.3, 0.4) is 0 Å². The Morgan fingerprint density at radius 2 is 1.78 bits per heavy atom. The maximum atomic E-state index is 13.2. The average molecular weight is 499 g/mol. The van der Waals surface area contributed by atoms with Crippen molar-refractivity contribution in [2.24, 2.45) is 0 Å². The van der Waals surface area contributed by atoms with E-state index in [0.29, 0.717) is 17.8 Å². The predicted octanol–water partition coefficient (Wildman–Crippen LogP) is 5.39. The van der Waals surface area contributed by atoms with Crippen molar-refractivity contribution in [1.29, 1.82) is 0 Å². The fourth-order valence-electron chi connectivity index (χ4n) is 4.85. The van der Waals surface area contributed by atoms with E-state index in [1.165, 1.54) is 17.5 Å². The van der Waals surface area contributed by atoms with E-state index in [0.717, 1.165) is 35.3 Å². The number of carbonyl (C=O) groups is 2. The summed E-state index contributed by atoms with van der Waals surface area (Å²) >= 11 is 1.72. The Balaban J connectivity index is 1.43. The number of rotatable bonds is 9. The number of fused-ring (bicyclic) bond motifs is 2. The summed E-state index contributed by atoms with van der Waals surface area (Å²) in [5.41, 5.74) is 5.80. The highest BCUT2D eigenvalue weighted by Gasteiger charge is 2.24. The number of thioether (sulfide) groups is 1. The van der Waals surface area contributed by atoms with Crippen LogP contribution in [0.4, 0.5) is 5.69 Å². The Labute approximate surface area is 215 Å². The van der Waals surface area contributed by atoms with Crippen LogP contribution in [0.2, 0.25) is 0 Å². The number of imidazole rings is 1. The van der Waals surface area contributed by atoms with Crippen molar-refractivity contribution in [3.05, 3.63) is 95.3 Å². The first-order valence-electron chi connectivity index (χ1n) is 12.3. The van der Waals surface area contributed by atoms with Crippen LogP contribution < -0.4 is 10.6 Å². The summed E-state index contributed by atoms with van der Waals surface area (Å²) in [5.74, 6) is 1.28. The van der Waals surface area contributed by atoms with E-state index >= 15 is 0 Å². The van der Waals surface area contributed by atoms with Crippen molar-refractivity contribution >= 4 is 40.3 Å². The Morgan fingerprint density at radius 1 is 1.00 bits per heavy atom. The van der Waals surface area contributed by atoms with Gasteiger partial charge in [-0.1, -0.05) is 36.4 Å². The molecule has 0 radical (unpaired) electrons. The number of anilines is 1. The second-order valence-electron chi connectivity index (χ2n) is 9.10. The SMILES string of the molecule is CSCC[C@H](NC(=O)c1ccccc1)c1nc2ccccc2n1CC(=O)Nc1ccc2c(c1)CCC2. The fraction of sp³-hybridized carbons (Fsp3) is 0.276.